The summed E-state index contributed by atoms with van der Waals surface area (Å²) in [5, 5.41) is 3.03. The Morgan fingerprint density at radius 2 is 2.04 bits per heavy atom. The van der Waals surface area contributed by atoms with Crippen LogP contribution in [0.1, 0.15) is 48.2 Å². The molecule has 2 aromatic heterocycles. The SMILES string of the molecule is O=C(NCCC1=CCCCC1)c1ccccc1OCc1cn2ccccc2n1. The molecule has 0 unspecified atom stereocenters. The van der Waals surface area contributed by atoms with Crippen LogP contribution in [0.3, 0.4) is 0 Å². The first-order valence-corrected chi connectivity index (χ1v) is 9.90. The third kappa shape index (κ3) is 4.42. The lowest BCUT2D eigenvalue weighted by Crippen LogP contribution is -2.25. The van der Waals surface area contributed by atoms with Gasteiger partial charge in [0.05, 0.1) is 11.3 Å². The molecule has 1 aliphatic rings. The standard InChI is InChI=1S/C23H25N3O2/c27-23(24-14-13-18-8-2-1-3-9-18)20-10-4-5-11-21(20)28-17-19-16-26-15-7-6-12-22(26)25-19/h4-8,10-12,15-16H,1-3,9,13-14,17H2,(H,24,27). The Bertz CT molecular complexity index is 957. The first-order valence-electron chi connectivity index (χ1n) is 9.90. The molecule has 0 spiro atoms. The number of nitrogens with zero attached hydrogens (tertiary/aromatic N) is 2. The minimum atomic E-state index is -0.0954. The van der Waals surface area contributed by atoms with Crippen LogP contribution in [0.4, 0.5) is 0 Å². The predicted molar refractivity (Wildman–Crippen MR) is 109 cm³/mol. The highest BCUT2D eigenvalue weighted by Crippen LogP contribution is 2.21. The van der Waals surface area contributed by atoms with Crippen molar-refractivity contribution in [3.05, 3.63) is 77.8 Å². The zero-order valence-corrected chi connectivity index (χ0v) is 15.9. The van der Waals surface area contributed by atoms with Gasteiger partial charge < -0.3 is 14.5 Å². The Labute approximate surface area is 165 Å². The maximum absolute atomic E-state index is 12.6. The summed E-state index contributed by atoms with van der Waals surface area (Å²) in [5.74, 6) is 0.482. The van der Waals surface area contributed by atoms with Gasteiger partial charge in [-0.1, -0.05) is 29.8 Å². The van der Waals surface area contributed by atoms with Crippen molar-refractivity contribution in [2.24, 2.45) is 0 Å². The van der Waals surface area contributed by atoms with Crippen molar-refractivity contribution in [3.63, 3.8) is 0 Å². The van der Waals surface area contributed by atoms with E-state index in [4.69, 9.17) is 4.74 Å². The number of para-hydroxylation sites is 1. The number of ether oxygens (including phenoxy) is 1. The topological polar surface area (TPSA) is 55.6 Å². The largest absolute Gasteiger partial charge is 0.486 e. The van der Waals surface area contributed by atoms with Crippen LogP contribution in [0.2, 0.25) is 0 Å². The van der Waals surface area contributed by atoms with Gasteiger partial charge in [0.15, 0.2) is 0 Å². The molecule has 0 atom stereocenters. The van der Waals surface area contributed by atoms with Crippen LogP contribution < -0.4 is 10.1 Å². The first-order chi connectivity index (χ1) is 13.8. The lowest BCUT2D eigenvalue weighted by molar-refractivity contribution is 0.0949. The van der Waals surface area contributed by atoms with E-state index in [9.17, 15) is 4.79 Å². The summed E-state index contributed by atoms with van der Waals surface area (Å²) in [6.07, 6.45) is 12.0. The molecule has 0 bridgehead atoms. The van der Waals surface area contributed by atoms with Crippen molar-refractivity contribution in [2.45, 2.75) is 38.7 Å². The van der Waals surface area contributed by atoms with Crippen molar-refractivity contribution in [1.82, 2.24) is 14.7 Å². The fourth-order valence-corrected chi connectivity index (χ4v) is 3.55. The third-order valence-corrected chi connectivity index (χ3v) is 5.04. The van der Waals surface area contributed by atoms with Crippen LogP contribution in [0.25, 0.3) is 5.65 Å². The average molecular weight is 375 g/mol. The Balaban J connectivity index is 1.37. The highest BCUT2D eigenvalue weighted by atomic mass is 16.5. The molecule has 4 rings (SSSR count). The molecule has 5 nitrogen and oxygen atoms in total. The van der Waals surface area contributed by atoms with Gasteiger partial charge in [-0.05, 0) is 56.4 Å². The van der Waals surface area contributed by atoms with E-state index in [-0.39, 0.29) is 5.91 Å². The Kier molecular flexibility index (Phi) is 5.71. The highest BCUT2D eigenvalue weighted by molar-refractivity contribution is 5.96. The smallest absolute Gasteiger partial charge is 0.255 e. The van der Waals surface area contributed by atoms with Crippen molar-refractivity contribution in [2.75, 3.05) is 6.54 Å². The number of pyridine rings is 1. The van der Waals surface area contributed by atoms with E-state index in [2.05, 4.69) is 16.4 Å². The Hall–Kier alpha value is -3.08. The number of hydrogen-bond acceptors (Lipinski definition) is 3. The number of imidazole rings is 1. The fourth-order valence-electron chi connectivity index (χ4n) is 3.55. The quantitative estimate of drug-likeness (QED) is 0.617. The van der Waals surface area contributed by atoms with Gasteiger partial charge in [0.25, 0.3) is 5.91 Å². The van der Waals surface area contributed by atoms with Crippen molar-refractivity contribution >= 4 is 11.6 Å². The third-order valence-electron chi connectivity index (χ3n) is 5.04. The predicted octanol–water partition coefficient (Wildman–Crippen LogP) is 4.53. The molecule has 28 heavy (non-hydrogen) atoms. The van der Waals surface area contributed by atoms with Gasteiger partial charge in [-0.2, -0.15) is 0 Å². The molecule has 3 aromatic rings. The number of fused-ring (bicyclic) bond motifs is 1. The second-order valence-corrected chi connectivity index (χ2v) is 7.10. The number of hydrogen-bond donors (Lipinski definition) is 1. The molecule has 0 fully saturated rings. The van der Waals surface area contributed by atoms with Crippen LogP contribution in [0.15, 0.2) is 66.5 Å². The lowest BCUT2D eigenvalue weighted by Gasteiger charge is -2.14. The molecule has 0 saturated carbocycles. The van der Waals surface area contributed by atoms with E-state index in [1.807, 2.05) is 53.2 Å². The molecule has 2 heterocycles. The van der Waals surface area contributed by atoms with Crippen molar-refractivity contribution in [1.29, 1.82) is 0 Å². The minimum Gasteiger partial charge on any atom is -0.486 e. The van der Waals surface area contributed by atoms with Gasteiger partial charge in [0, 0.05) is 18.9 Å². The van der Waals surface area contributed by atoms with E-state index in [1.165, 1.54) is 24.8 Å². The molecule has 1 N–H and O–H groups in total. The van der Waals surface area contributed by atoms with Gasteiger partial charge >= 0.3 is 0 Å². The fraction of sp³-hybridized carbons (Fsp3) is 0.304. The monoisotopic (exact) mass is 375 g/mol. The number of amides is 1. The molecule has 0 radical (unpaired) electrons. The molecule has 1 amide bonds. The summed E-state index contributed by atoms with van der Waals surface area (Å²) in [6, 6.07) is 13.2. The molecular formula is C23H25N3O2. The number of aromatic nitrogens is 2. The van der Waals surface area contributed by atoms with Crippen molar-refractivity contribution in [3.8, 4) is 5.75 Å². The summed E-state index contributed by atoms with van der Waals surface area (Å²) in [5.41, 5.74) is 3.72. The summed E-state index contributed by atoms with van der Waals surface area (Å²) >= 11 is 0. The summed E-state index contributed by atoms with van der Waals surface area (Å²) in [6.45, 7) is 0.976. The molecule has 0 aliphatic heterocycles. The number of carbonyl (C=O) groups is 1. The number of benzene rings is 1. The zero-order chi connectivity index (χ0) is 19.2. The summed E-state index contributed by atoms with van der Waals surface area (Å²) in [4.78, 5) is 17.2. The number of nitrogens with one attached hydrogen (secondary N) is 1. The number of rotatable bonds is 7. The van der Waals surface area contributed by atoms with E-state index < -0.39 is 0 Å². The first kappa shape index (κ1) is 18.3. The molecule has 144 valence electrons. The normalized spacial score (nSPS) is 13.9. The Morgan fingerprint density at radius 3 is 2.89 bits per heavy atom. The second-order valence-electron chi connectivity index (χ2n) is 7.10. The van der Waals surface area contributed by atoms with Crippen LogP contribution in [0, 0.1) is 0 Å². The van der Waals surface area contributed by atoms with E-state index in [0.29, 0.717) is 24.5 Å². The van der Waals surface area contributed by atoms with E-state index in [0.717, 1.165) is 24.2 Å². The number of carbonyl (C=O) groups excluding carboxylic acids is 1. The maximum atomic E-state index is 12.6. The molecule has 0 saturated heterocycles. The van der Waals surface area contributed by atoms with Crippen LogP contribution >= 0.6 is 0 Å². The summed E-state index contributed by atoms with van der Waals surface area (Å²) < 4.78 is 7.88. The molecular weight excluding hydrogens is 350 g/mol. The van der Waals surface area contributed by atoms with Gasteiger partial charge in [-0.25, -0.2) is 4.98 Å². The van der Waals surface area contributed by atoms with Gasteiger partial charge in [0.2, 0.25) is 0 Å². The van der Waals surface area contributed by atoms with Crippen molar-refractivity contribution < 1.29 is 9.53 Å². The molecule has 1 aliphatic carbocycles. The average Bonchev–Trinajstić information content (AvgIpc) is 3.16. The summed E-state index contributed by atoms with van der Waals surface area (Å²) in [7, 11) is 0. The number of allylic oxidation sites excluding steroid dienone is 1. The van der Waals surface area contributed by atoms with Gasteiger partial charge in [-0.3, -0.25) is 4.79 Å². The van der Waals surface area contributed by atoms with Gasteiger partial charge in [0.1, 0.15) is 18.0 Å². The molecule has 1 aromatic carbocycles. The van der Waals surface area contributed by atoms with Crippen LogP contribution in [-0.2, 0) is 6.61 Å². The molecule has 5 heteroatoms. The highest BCUT2D eigenvalue weighted by Gasteiger charge is 2.13. The van der Waals surface area contributed by atoms with E-state index in [1.54, 1.807) is 6.07 Å². The van der Waals surface area contributed by atoms with Crippen LogP contribution in [0.5, 0.6) is 5.75 Å². The van der Waals surface area contributed by atoms with Crippen LogP contribution in [-0.4, -0.2) is 21.8 Å². The van der Waals surface area contributed by atoms with Gasteiger partial charge in [-0.15, -0.1) is 0 Å². The minimum absolute atomic E-state index is 0.0954. The Morgan fingerprint density at radius 1 is 1.14 bits per heavy atom. The maximum Gasteiger partial charge on any atom is 0.255 e. The lowest BCUT2D eigenvalue weighted by atomic mass is 9.97. The van der Waals surface area contributed by atoms with E-state index >= 15 is 0 Å². The zero-order valence-electron chi connectivity index (χ0n) is 15.9. The second kappa shape index (κ2) is 8.74.